The van der Waals surface area contributed by atoms with Crippen LogP contribution < -0.4 is 5.32 Å². The van der Waals surface area contributed by atoms with Gasteiger partial charge in [0, 0.05) is 34.6 Å². The van der Waals surface area contributed by atoms with Gasteiger partial charge in [-0.05, 0) is 31.0 Å². The number of aromatic nitrogens is 1. The number of nitrogens with one attached hydrogen (secondary N) is 2. The Kier molecular flexibility index (Phi) is 2.69. The van der Waals surface area contributed by atoms with Gasteiger partial charge in [0.1, 0.15) is 0 Å². The summed E-state index contributed by atoms with van der Waals surface area (Å²) in [4.78, 5) is 3.68. The monoisotopic (exact) mass is 276 g/mol. The van der Waals surface area contributed by atoms with Crippen molar-refractivity contribution in [3.63, 3.8) is 0 Å². The highest BCUT2D eigenvalue weighted by molar-refractivity contribution is 5.85. The van der Waals surface area contributed by atoms with Crippen LogP contribution in [0.25, 0.3) is 10.9 Å². The molecule has 1 aliphatic rings. The summed E-state index contributed by atoms with van der Waals surface area (Å²) >= 11 is 0. The zero-order valence-corrected chi connectivity index (χ0v) is 12.5. The van der Waals surface area contributed by atoms with Crippen molar-refractivity contribution in [2.24, 2.45) is 0 Å². The molecule has 106 valence electrons. The fraction of sp³-hybridized carbons (Fsp3) is 0.263. The molecule has 0 amide bonds. The van der Waals surface area contributed by atoms with Crippen LogP contribution in [0.2, 0.25) is 0 Å². The molecule has 2 N–H and O–H groups in total. The molecule has 1 atom stereocenters. The van der Waals surface area contributed by atoms with Crippen molar-refractivity contribution in [2.75, 3.05) is 0 Å². The zero-order valence-electron chi connectivity index (χ0n) is 12.5. The second kappa shape index (κ2) is 4.47. The predicted octanol–water partition coefficient (Wildman–Crippen LogP) is 4.18. The van der Waals surface area contributed by atoms with Gasteiger partial charge in [-0.25, -0.2) is 0 Å². The highest BCUT2D eigenvalue weighted by atomic mass is 15.0. The topological polar surface area (TPSA) is 27.8 Å². The van der Waals surface area contributed by atoms with Gasteiger partial charge in [0.2, 0.25) is 0 Å². The maximum absolute atomic E-state index is 3.72. The lowest BCUT2D eigenvalue weighted by molar-refractivity contribution is 0.321. The molecule has 0 fully saturated rings. The van der Waals surface area contributed by atoms with Crippen molar-refractivity contribution in [1.29, 1.82) is 0 Å². The van der Waals surface area contributed by atoms with Crippen molar-refractivity contribution in [3.05, 3.63) is 71.4 Å². The first-order chi connectivity index (χ1) is 10.2. The summed E-state index contributed by atoms with van der Waals surface area (Å²) in [6.45, 7) is 5.51. The summed E-state index contributed by atoms with van der Waals surface area (Å²) in [7, 11) is 0. The Labute approximate surface area is 125 Å². The van der Waals surface area contributed by atoms with E-state index in [2.05, 4.69) is 78.7 Å². The standard InChI is InChI=1S/C19H20N2/c1-19(2)17(13-8-4-3-5-9-13)18-15(12-20-19)14-10-6-7-11-16(14)21-18/h3-11,17,20-21H,12H2,1-2H3. The van der Waals surface area contributed by atoms with Gasteiger partial charge in [0.25, 0.3) is 0 Å². The average molecular weight is 276 g/mol. The van der Waals surface area contributed by atoms with Crippen LogP contribution >= 0.6 is 0 Å². The number of fused-ring (bicyclic) bond motifs is 3. The van der Waals surface area contributed by atoms with Crippen molar-refractivity contribution in [3.8, 4) is 0 Å². The lowest BCUT2D eigenvalue weighted by Crippen LogP contribution is -2.48. The molecule has 0 aliphatic carbocycles. The Bertz CT molecular complexity index is 784. The smallest absolute Gasteiger partial charge is 0.0459 e. The molecule has 2 heterocycles. The third kappa shape index (κ3) is 1.90. The third-order valence-electron chi connectivity index (χ3n) is 4.71. The Hall–Kier alpha value is -2.06. The summed E-state index contributed by atoms with van der Waals surface area (Å²) in [5, 5.41) is 5.07. The molecule has 0 saturated carbocycles. The van der Waals surface area contributed by atoms with E-state index in [1.54, 1.807) is 0 Å². The van der Waals surface area contributed by atoms with Crippen LogP contribution in [0.15, 0.2) is 54.6 Å². The molecule has 2 nitrogen and oxygen atoms in total. The van der Waals surface area contributed by atoms with Crippen molar-refractivity contribution >= 4 is 10.9 Å². The summed E-state index contributed by atoms with van der Waals surface area (Å²) in [6.07, 6.45) is 0. The maximum atomic E-state index is 3.72. The van der Waals surface area contributed by atoms with Crippen molar-refractivity contribution < 1.29 is 0 Å². The lowest BCUT2D eigenvalue weighted by atomic mass is 9.76. The number of para-hydroxylation sites is 1. The Morgan fingerprint density at radius 3 is 2.48 bits per heavy atom. The summed E-state index contributed by atoms with van der Waals surface area (Å²) < 4.78 is 0. The van der Waals surface area contributed by atoms with E-state index < -0.39 is 0 Å². The normalized spacial score (nSPS) is 20.4. The molecule has 21 heavy (non-hydrogen) atoms. The maximum Gasteiger partial charge on any atom is 0.0459 e. The Morgan fingerprint density at radius 2 is 1.67 bits per heavy atom. The third-order valence-corrected chi connectivity index (χ3v) is 4.71. The Balaban J connectivity index is 1.97. The van der Waals surface area contributed by atoms with Gasteiger partial charge < -0.3 is 10.3 Å². The van der Waals surface area contributed by atoms with Gasteiger partial charge in [-0.15, -0.1) is 0 Å². The van der Waals surface area contributed by atoms with E-state index in [9.17, 15) is 0 Å². The SMILES string of the molecule is CC1(C)NCc2c([nH]c3ccccc23)C1c1ccccc1. The second-order valence-electron chi connectivity index (χ2n) is 6.48. The average Bonchev–Trinajstić information content (AvgIpc) is 2.85. The highest BCUT2D eigenvalue weighted by Gasteiger charge is 2.38. The van der Waals surface area contributed by atoms with Crippen molar-refractivity contribution in [2.45, 2.75) is 31.8 Å². The van der Waals surface area contributed by atoms with Crippen LogP contribution in [0.3, 0.4) is 0 Å². The quantitative estimate of drug-likeness (QED) is 0.685. The van der Waals surface area contributed by atoms with E-state index in [4.69, 9.17) is 0 Å². The highest BCUT2D eigenvalue weighted by Crippen LogP contribution is 2.41. The van der Waals surface area contributed by atoms with E-state index in [0.717, 1.165) is 6.54 Å². The van der Waals surface area contributed by atoms with E-state index in [0.29, 0.717) is 5.92 Å². The van der Waals surface area contributed by atoms with E-state index in [1.807, 2.05) is 0 Å². The number of H-pyrrole nitrogens is 1. The van der Waals surface area contributed by atoms with Crippen LogP contribution in [0.4, 0.5) is 0 Å². The summed E-state index contributed by atoms with van der Waals surface area (Å²) in [5.74, 6) is 0.342. The molecule has 0 saturated heterocycles. The van der Waals surface area contributed by atoms with E-state index in [1.165, 1.54) is 27.7 Å². The Morgan fingerprint density at radius 1 is 0.952 bits per heavy atom. The summed E-state index contributed by atoms with van der Waals surface area (Å²) in [5.41, 5.74) is 5.42. The van der Waals surface area contributed by atoms with E-state index >= 15 is 0 Å². The van der Waals surface area contributed by atoms with Crippen LogP contribution in [0.5, 0.6) is 0 Å². The van der Waals surface area contributed by atoms with Gasteiger partial charge >= 0.3 is 0 Å². The largest absolute Gasteiger partial charge is 0.358 e. The van der Waals surface area contributed by atoms with Gasteiger partial charge in [-0.3, -0.25) is 0 Å². The molecule has 1 aromatic heterocycles. The molecule has 2 aromatic carbocycles. The number of hydrogen-bond donors (Lipinski definition) is 2. The first-order valence-corrected chi connectivity index (χ1v) is 7.56. The van der Waals surface area contributed by atoms with Gasteiger partial charge in [-0.2, -0.15) is 0 Å². The molecule has 1 unspecified atom stereocenters. The molecular weight excluding hydrogens is 256 g/mol. The minimum atomic E-state index is 0.0369. The second-order valence-corrected chi connectivity index (χ2v) is 6.48. The van der Waals surface area contributed by atoms with Gasteiger partial charge in [-0.1, -0.05) is 48.5 Å². The molecule has 4 rings (SSSR count). The van der Waals surface area contributed by atoms with Gasteiger partial charge in [0.15, 0.2) is 0 Å². The first-order valence-electron chi connectivity index (χ1n) is 7.56. The molecular formula is C19H20N2. The number of hydrogen-bond acceptors (Lipinski definition) is 1. The number of benzene rings is 2. The first kappa shape index (κ1) is 12.7. The van der Waals surface area contributed by atoms with Gasteiger partial charge in [0.05, 0.1) is 0 Å². The van der Waals surface area contributed by atoms with Crippen molar-refractivity contribution in [1.82, 2.24) is 10.3 Å². The minimum Gasteiger partial charge on any atom is -0.358 e. The molecule has 0 bridgehead atoms. The number of aromatic amines is 1. The fourth-order valence-corrected chi connectivity index (χ4v) is 3.67. The predicted molar refractivity (Wildman–Crippen MR) is 87.5 cm³/mol. The zero-order chi connectivity index (χ0) is 14.4. The van der Waals surface area contributed by atoms with Crippen LogP contribution in [0, 0.1) is 0 Å². The lowest BCUT2D eigenvalue weighted by Gasteiger charge is -2.40. The molecule has 0 spiro atoms. The minimum absolute atomic E-state index is 0.0369. The number of rotatable bonds is 1. The molecule has 0 radical (unpaired) electrons. The van der Waals surface area contributed by atoms with Crippen LogP contribution in [-0.4, -0.2) is 10.5 Å². The van der Waals surface area contributed by atoms with Crippen LogP contribution in [-0.2, 0) is 6.54 Å². The van der Waals surface area contributed by atoms with Crippen LogP contribution in [0.1, 0.15) is 36.6 Å². The molecule has 3 aromatic rings. The summed E-state index contributed by atoms with van der Waals surface area (Å²) in [6, 6.07) is 19.4. The van der Waals surface area contributed by atoms with E-state index in [-0.39, 0.29) is 5.54 Å². The molecule has 1 aliphatic heterocycles. The fourth-order valence-electron chi connectivity index (χ4n) is 3.67. The molecule has 2 heteroatoms.